The van der Waals surface area contributed by atoms with Gasteiger partial charge in [0.2, 0.25) is 0 Å². The Morgan fingerprint density at radius 2 is 1.23 bits per heavy atom. The Morgan fingerprint density at radius 1 is 0.755 bits per heavy atom. The molecule has 0 saturated heterocycles. The van der Waals surface area contributed by atoms with Gasteiger partial charge < -0.3 is 19.1 Å². The van der Waals surface area contributed by atoms with Gasteiger partial charge in [0.25, 0.3) is 0 Å². The van der Waals surface area contributed by atoms with Gasteiger partial charge in [-0.1, -0.05) is 45.2 Å². The van der Waals surface area contributed by atoms with Gasteiger partial charge in [-0.3, -0.25) is 9.36 Å². The first kappa shape index (κ1) is 39.7. The van der Waals surface area contributed by atoms with Crippen LogP contribution >= 0.6 is 31.9 Å². The van der Waals surface area contributed by atoms with E-state index in [0.29, 0.717) is 47.2 Å². The highest BCUT2D eigenvalue weighted by Gasteiger charge is 2.20. The number of likely N-dealkylation sites (N-methyl/N-ethyl adjacent to an activating group) is 1. The maximum atomic E-state index is 14.8. The molecule has 0 aliphatic heterocycles. The first-order valence-corrected chi connectivity index (χ1v) is 18.8. The lowest BCUT2D eigenvalue weighted by Crippen LogP contribution is -2.36. The quantitative estimate of drug-likeness (QED) is 0.128. The maximum absolute atomic E-state index is 14.8. The zero-order valence-electron chi connectivity index (χ0n) is 30.8. The third-order valence-corrected chi connectivity index (χ3v) is 9.17. The molecule has 0 fully saturated rings. The third kappa shape index (κ3) is 9.94. The van der Waals surface area contributed by atoms with E-state index in [1.165, 1.54) is 17.0 Å². The highest BCUT2D eigenvalue weighted by molar-refractivity contribution is 9.10. The summed E-state index contributed by atoms with van der Waals surface area (Å²) in [6.45, 7) is 8.66. The van der Waals surface area contributed by atoms with Gasteiger partial charge >= 0.3 is 6.09 Å². The summed E-state index contributed by atoms with van der Waals surface area (Å²) < 4.78 is 51.2. The third-order valence-electron chi connectivity index (χ3n) is 8.19. The van der Waals surface area contributed by atoms with Crippen LogP contribution in [-0.2, 0) is 18.8 Å². The molecule has 6 aromatic rings. The van der Waals surface area contributed by atoms with Crippen molar-refractivity contribution in [2.24, 2.45) is 14.1 Å². The molecule has 1 amide bonds. The van der Waals surface area contributed by atoms with Crippen molar-refractivity contribution in [2.45, 2.75) is 46.1 Å². The largest absolute Gasteiger partial charge is 0.493 e. The van der Waals surface area contributed by atoms with E-state index >= 15 is 0 Å². The van der Waals surface area contributed by atoms with Crippen molar-refractivity contribution >= 4 is 59.8 Å². The minimum atomic E-state index is -0.559. The molecule has 2 heterocycles. The molecule has 9 nitrogen and oxygen atoms in total. The number of hydrogen-bond acceptors (Lipinski definition) is 6. The molecule has 13 heteroatoms. The Kier molecular flexibility index (Phi) is 12.8. The molecular weight excluding hydrogens is 812 g/mol. The summed E-state index contributed by atoms with van der Waals surface area (Å²) in [7, 11) is 5.32. The number of amides is 1. The van der Waals surface area contributed by atoms with E-state index in [-0.39, 0.29) is 12.4 Å². The van der Waals surface area contributed by atoms with Gasteiger partial charge in [-0.25, -0.2) is 13.6 Å². The van der Waals surface area contributed by atoms with Gasteiger partial charge in [0, 0.05) is 64.1 Å². The highest BCUT2D eigenvalue weighted by Crippen LogP contribution is 2.34. The number of carbonyl (C=O) groups is 1. The lowest BCUT2D eigenvalue weighted by atomic mass is 10.1. The molecule has 4 aromatic carbocycles. The van der Waals surface area contributed by atoms with Crippen molar-refractivity contribution in [3.05, 3.63) is 93.4 Å². The molecule has 0 aliphatic rings. The molecule has 0 unspecified atom stereocenters. The molecule has 0 atom stereocenters. The zero-order chi connectivity index (χ0) is 38.4. The number of ether oxygens (including phenoxy) is 3. The van der Waals surface area contributed by atoms with Crippen molar-refractivity contribution in [1.29, 1.82) is 0 Å². The number of halogens is 4. The Morgan fingerprint density at radius 3 is 1.66 bits per heavy atom. The highest BCUT2D eigenvalue weighted by atomic mass is 79.9. The molecule has 0 bridgehead atoms. The molecule has 0 spiro atoms. The number of rotatable bonds is 10. The van der Waals surface area contributed by atoms with Crippen molar-refractivity contribution < 1.29 is 27.8 Å². The molecule has 0 N–H and O–H groups in total. The number of aryl methyl sites for hydroxylation is 2. The number of hydrogen-bond donors (Lipinski definition) is 0. The van der Waals surface area contributed by atoms with Crippen LogP contribution in [0, 0.1) is 11.6 Å². The van der Waals surface area contributed by atoms with E-state index in [1.807, 2.05) is 71.3 Å². The molecule has 0 radical (unpaired) electrons. The van der Waals surface area contributed by atoms with Crippen molar-refractivity contribution in [3.8, 4) is 34.0 Å². The fourth-order valence-corrected chi connectivity index (χ4v) is 6.18. The predicted molar refractivity (Wildman–Crippen MR) is 212 cm³/mol. The molecular formula is C40H43Br2F2N5O4. The molecule has 280 valence electrons. The normalized spacial score (nSPS) is 11.4. The Bertz CT molecular complexity index is 2230. The number of unbranched alkanes of at least 4 members (excludes halogenated alkanes) is 1. The second-order valence-corrected chi connectivity index (χ2v) is 15.3. The molecule has 6 rings (SSSR count). The van der Waals surface area contributed by atoms with E-state index in [4.69, 9.17) is 14.2 Å². The van der Waals surface area contributed by atoms with Gasteiger partial charge in [-0.2, -0.15) is 10.2 Å². The molecule has 0 saturated carbocycles. The summed E-state index contributed by atoms with van der Waals surface area (Å²) in [4.78, 5) is 13.4. The fraction of sp³-hybridized carbons (Fsp3) is 0.325. The summed E-state index contributed by atoms with van der Waals surface area (Å²) in [5, 5.41) is 10.8. The van der Waals surface area contributed by atoms with Gasteiger partial charge in [-0.15, -0.1) is 0 Å². The number of fused-ring (bicyclic) bond motifs is 2. The number of carbonyl (C=O) groups excluding carboxylic acids is 1. The van der Waals surface area contributed by atoms with Gasteiger partial charge in [-0.05, 0) is 87.9 Å². The van der Waals surface area contributed by atoms with Crippen LogP contribution in [0.1, 0.15) is 40.5 Å². The SMILES string of the molecule is CCCCOc1ccc(-c2nn(C)c3cc(Br)ccc23)c(F)c1.CN(CCOc1ccc(-c2nn(C)c3cc(Br)ccc23)c(F)c1)C(=O)OC(C)(C)C. The number of nitrogens with zero attached hydrogens (tertiary/aromatic N) is 5. The summed E-state index contributed by atoms with van der Waals surface area (Å²) in [5.74, 6) is 0.206. The monoisotopic (exact) mass is 853 g/mol. The van der Waals surface area contributed by atoms with Crippen molar-refractivity contribution in [1.82, 2.24) is 24.5 Å². The van der Waals surface area contributed by atoms with Crippen LogP contribution < -0.4 is 9.47 Å². The summed E-state index contributed by atoms with van der Waals surface area (Å²) in [6, 6.07) is 21.3. The van der Waals surface area contributed by atoms with Crippen LogP contribution in [0.5, 0.6) is 11.5 Å². The molecule has 2 aromatic heterocycles. The van der Waals surface area contributed by atoms with E-state index in [1.54, 1.807) is 40.7 Å². The van der Waals surface area contributed by atoms with Gasteiger partial charge in [0.15, 0.2) is 0 Å². The van der Waals surface area contributed by atoms with Crippen molar-refractivity contribution in [2.75, 3.05) is 26.8 Å². The minimum absolute atomic E-state index is 0.217. The van der Waals surface area contributed by atoms with E-state index in [9.17, 15) is 13.6 Å². The fourth-order valence-electron chi connectivity index (χ4n) is 5.48. The van der Waals surface area contributed by atoms with Gasteiger partial charge in [0.05, 0.1) is 24.2 Å². The Hall–Kier alpha value is -4.49. The summed E-state index contributed by atoms with van der Waals surface area (Å²) in [6.07, 6.45) is 1.58. The standard InChI is InChI=1S/C22H25BrFN3O3.C18H18BrFN2O/c1-22(2,3)30-21(28)26(4)10-11-29-15-7-9-16(18(24)13-15)20-17-8-6-14(23)12-19(17)27(5)25-20;1-3-4-9-23-13-6-8-14(16(20)11-13)18-15-7-5-12(19)10-17(15)22(2)21-18/h6-9,12-13H,10-11H2,1-5H3;5-8,10-11H,3-4,9H2,1-2H3. The second-order valence-electron chi connectivity index (χ2n) is 13.5. The average molecular weight is 856 g/mol. The lowest BCUT2D eigenvalue weighted by Gasteiger charge is -2.24. The summed E-state index contributed by atoms with van der Waals surface area (Å²) in [5.41, 5.74) is 3.42. The average Bonchev–Trinajstić information content (AvgIpc) is 3.59. The van der Waals surface area contributed by atoms with Crippen LogP contribution in [0.15, 0.2) is 81.7 Å². The first-order valence-electron chi connectivity index (χ1n) is 17.2. The van der Waals surface area contributed by atoms with Crippen LogP contribution in [0.25, 0.3) is 44.3 Å². The van der Waals surface area contributed by atoms with Crippen LogP contribution in [-0.4, -0.2) is 63.0 Å². The Balaban J connectivity index is 0.000000211. The van der Waals surface area contributed by atoms with E-state index < -0.39 is 17.5 Å². The van der Waals surface area contributed by atoms with Crippen LogP contribution in [0.2, 0.25) is 0 Å². The zero-order valence-corrected chi connectivity index (χ0v) is 34.0. The van der Waals surface area contributed by atoms with E-state index in [2.05, 4.69) is 49.0 Å². The molecule has 53 heavy (non-hydrogen) atoms. The first-order chi connectivity index (χ1) is 25.1. The number of aromatic nitrogens is 4. The van der Waals surface area contributed by atoms with Gasteiger partial charge in [0.1, 0.15) is 46.7 Å². The lowest BCUT2D eigenvalue weighted by molar-refractivity contribution is 0.0278. The van der Waals surface area contributed by atoms with Crippen LogP contribution in [0.4, 0.5) is 13.6 Å². The topological polar surface area (TPSA) is 83.6 Å². The van der Waals surface area contributed by atoms with Crippen molar-refractivity contribution in [3.63, 3.8) is 0 Å². The predicted octanol–water partition coefficient (Wildman–Crippen LogP) is 10.7. The number of benzene rings is 4. The Labute approximate surface area is 325 Å². The second kappa shape index (κ2) is 17.1. The molecule has 0 aliphatic carbocycles. The smallest absolute Gasteiger partial charge is 0.410 e. The van der Waals surface area contributed by atoms with E-state index in [0.717, 1.165) is 43.6 Å². The van der Waals surface area contributed by atoms with Crippen LogP contribution in [0.3, 0.4) is 0 Å². The minimum Gasteiger partial charge on any atom is -0.493 e. The maximum Gasteiger partial charge on any atom is 0.410 e. The summed E-state index contributed by atoms with van der Waals surface area (Å²) >= 11 is 6.90.